The van der Waals surface area contributed by atoms with Crippen LogP contribution in [0.5, 0.6) is 0 Å². The monoisotopic (exact) mass is 419 g/mol. The zero-order valence-corrected chi connectivity index (χ0v) is 12.9. The molecular weight excluding hydrogens is 418 g/mol. The molecule has 6 aliphatic rings. The van der Waals surface area contributed by atoms with Crippen LogP contribution in [0.3, 0.4) is 0 Å². The van der Waals surface area contributed by atoms with Crippen molar-refractivity contribution in [3.63, 3.8) is 0 Å². The van der Waals surface area contributed by atoms with E-state index in [0.29, 0.717) is 0 Å². The van der Waals surface area contributed by atoms with Gasteiger partial charge in [-0.3, -0.25) is 70.8 Å². The molecule has 0 aliphatic heterocycles. The van der Waals surface area contributed by atoms with Gasteiger partial charge < -0.3 is 0 Å². The number of nitro groups is 7. The molecule has 0 unspecified atom stereocenters. The molecule has 0 aromatic carbocycles. The molecule has 0 saturated heterocycles. The van der Waals surface area contributed by atoms with Crippen LogP contribution in [0.1, 0.15) is 0 Å². The third-order valence-corrected chi connectivity index (χ3v) is 8.09. The molecule has 0 heterocycles. The molecule has 21 heteroatoms. The molecule has 21 nitrogen and oxygen atoms in total. The van der Waals surface area contributed by atoms with Crippen molar-refractivity contribution in [2.75, 3.05) is 0 Å². The zero-order chi connectivity index (χ0) is 22.1. The van der Waals surface area contributed by atoms with E-state index < -0.39 is 79.2 Å². The van der Waals surface area contributed by atoms with Crippen molar-refractivity contribution in [3.05, 3.63) is 70.8 Å². The maximum atomic E-state index is 11.8. The fraction of sp³-hybridized carbons (Fsp3) is 1.00. The lowest BCUT2D eigenvalue weighted by atomic mass is 8.84. The minimum Gasteiger partial charge on any atom is -0.263 e. The summed E-state index contributed by atoms with van der Waals surface area (Å²) in [6.45, 7) is 0. The summed E-state index contributed by atoms with van der Waals surface area (Å²) in [6.07, 6.45) is 0. The van der Waals surface area contributed by atoms with Gasteiger partial charge >= 0.3 is 38.8 Å². The Bertz CT molecular complexity index is 985. The predicted molar refractivity (Wildman–Crippen MR) is 71.6 cm³/mol. The van der Waals surface area contributed by atoms with Crippen LogP contribution in [-0.4, -0.2) is 73.2 Å². The lowest BCUT2D eigenvalue weighted by Crippen LogP contribution is -3.51. The van der Waals surface area contributed by atoms with E-state index in [9.17, 15) is 70.8 Å². The van der Waals surface area contributed by atoms with Crippen molar-refractivity contribution >= 4 is 0 Å². The van der Waals surface area contributed by atoms with Crippen molar-refractivity contribution < 1.29 is 34.5 Å². The Morgan fingerprint density at radius 2 is 0.586 bits per heavy atom. The van der Waals surface area contributed by atoms with Gasteiger partial charge in [0.2, 0.25) is 5.92 Å². The largest absolute Gasteiger partial charge is 0.472 e. The van der Waals surface area contributed by atoms with Crippen molar-refractivity contribution in [2.24, 2.45) is 5.92 Å². The number of hydrogen-bond donors (Lipinski definition) is 0. The third-order valence-electron chi connectivity index (χ3n) is 8.09. The van der Waals surface area contributed by atoms with E-state index >= 15 is 0 Å². The van der Waals surface area contributed by atoms with E-state index in [2.05, 4.69) is 0 Å². The SMILES string of the molecule is O=[N+]([O-])C12C3C4([N+](=O)[O-])C1([N+](=O)[O-])C1([N+](=O)[O-])C2([N+](=O)[O-])C3([N+](=O)[O-])C41[N+](=O)[O-]. The van der Waals surface area contributed by atoms with E-state index in [0.717, 1.165) is 0 Å². The van der Waals surface area contributed by atoms with Crippen LogP contribution in [-0.2, 0) is 0 Å². The van der Waals surface area contributed by atoms with E-state index in [1.54, 1.807) is 0 Å². The molecule has 6 fully saturated rings. The van der Waals surface area contributed by atoms with Gasteiger partial charge in [-0.2, -0.15) is 0 Å². The molecule has 0 aromatic heterocycles. The van der Waals surface area contributed by atoms with Gasteiger partial charge in [0.15, 0.2) is 0 Å². The average molecular weight is 419 g/mol. The van der Waals surface area contributed by atoms with E-state index in [1.807, 2.05) is 0 Å². The summed E-state index contributed by atoms with van der Waals surface area (Å²) in [5.74, 6) is -2.74. The van der Waals surface area contributed by atoms with Gasteiger partial charge in [0.25, 0.3) is 0 Å². The molecule has 0 atom stereocenters. The van der Waals surface area contributed by atoms with Crippen LogP contribution in [0.4, 0.5) is 0 Å². The molecule has 6 rings (SSSR count). The number of hydrogen-bond acceptors (Lipinski definition) is 14. The van der Waals surface area contributed by atoms with Gasteiger partial charge in [-0.05, 0) is 0 Å². The van der Waals surface area contributed by atoms with Crippen LogP contribution in [0.15, 0.2) is 0 Å². The quantitative estimate of drug-likeness (QED) is 0.289. The number of rotatable bonds is 7. The second-order valence-corrected chi connectivity index (χ2v) is 7.37. The standard InChI is InChI=1S/C8HN7O14/c16-9(17)2-1-3(10(18)19)5(2,12(22)23)8(15(28)29)6(2,13(24)25)4(1,11(20)21)7(3,8)14(26)27/h1H. The average Bonchev–Trinajstić information content (AvgIpc) is 2.56. The zero-order valence-electron chi connectivity index (χ0n) is 12.9. The second kappa shape index (κ2) is 3.24. The van der Waals surface area contributed by atoms with E-state index in [-0.39, 0.29) is 0 Å². The Hall–Kier alpha value is -4.20. The van der Waals surface area contributed by atoms with Gasteiger partial charge in [0.1, 0.15) is 0 Å². The Kier molecular flexibility index (Phi) is 1.89. The molecule has 0 aromatic rings. The van der Waals surface area contributed by atoms with Gasteiger partial charge in [0, 0.05) is 14.8 Å². The van der Waals surface area contributed by atoms with Crippen LogP contribution < -0.4 is 0 Å². The minimum atomic E-state index is -4.15. The first-order valence-corrected chi connectivity index (χ1v) is 7.24. The summed E-state index contributed by atoms with van der Waals surface area (Å²) >= 11 is 0. The molecule has 6 saturated carbocycles. The van der Waals surface area contributed by atoms with Crippen LogP contribution >= 0.6 is 0 Å². The Morgan fingerprint density at radius 1 is 0.379 bits per heavy atom. The summed E-state index contributed by atoms with van der Waals surface area (Å²) < 4.78 is 0. The van der Waals surface area contributed by atoms with Crippen LogP contribution in [0.2, 0.25) is 0 Å². The van der Waals surface area contributed by atoms with E-state index in [1.165, 1.54) is 0 Å². The highest BCUT2D eigenvalue weighted by atomic mass is 16.7. The Balaban J connectivity index is 2.05. The molecular formula is C8HN7O14. The molecule has 0 spiro atoms. The molecule has 29 heavy (non-hydrogen) atoms. The molecule has 0 amide bonds. The second-order valence-electron chi connectivity index (χ2n) is 7.37. The third kappa shape index (κ3) is 0.604. The molecule has 0 N–H and O–H groups in total. The summed E-state index contributed by atoms with van der Waals surface area (Å²) in [7, 11) is 0. The van der Waals surface area contributed by atoms with Crippen molar-refractivity contribution in [1.29, 1.82) is 0 Å². The van der Waals surface area contributed by atoms with Crippen LogP contribution in [0.25, 0.3) is 0 Å². The summed E-state index contributed by atoms with van der Waals surface area (Å²) in [5.41, 5.74) is -27.3. The first-order chi connectivity index (χ1) is 13.2. The van der Waals surface area contributed by atoms with Gasteiger partial charge in [-0.25, -0.2) is 0 Å². The summed E-state index contributed by atoms with van der Waals surface area (Å²) in [6, 6.07) is 0. The highest BCUT2D eigenvalue weighted by Gasteiger charge is 3.70. The first kappa shape index (κ1) is 16.9. The van der Waals surface area contributed by atoms with Gasteiger partial charge in [-0.15, -0.1) is 0 Å². The van der Waals surface area contributed by atoms with Gasteiger partial charge in [0.05, 0.1) is 19.7 Å². The highest BCUT2D eigenvalue weighted by Crippen LogP contribution is 3.13. The van der Waals surface area contributed by atoms with E-state index in [4.69, 9.17) is 0 Å². The minimum absolute atomic E-state index is 1.74. The van der Waals surface area contributed by atoms with Crippen LogP contribution in [0, 0.1) is 76.7 Å². The Labute approximate surface area is 151 Å². The topological polar surface area (TPSA) is 302 Å². The molecule has 0 radical (unpaired) electrons. The Morgan fingerprint density at radius 3 is 0.724 bits per heavy atom. The first-order valence-electron chi connectivity index (χ1n) is 7.24. The maximum absolute atomic E-state index is 11.8. The smallest absolute Gasteiger partial charge is 0.263 e. The van der Waals surface area contributed by atoms with Crippen molar-refractivity contribution in [1.82, 2.24) is 0 Å². The normalized spacial score (nSPS) is 55.4. The van der Waals surface area contributed by atoms with Crippen molar-refractivity contribution in [2.45, 2.75) is 38.8 Å². The number of nitrogens with zero attached hydrogens (tertiary/aromatic N) is 7. The summed E-state index contributed by atoms with van der Waals surface area (Å²) in [5, 5.41) is 82.4. The lowest BCUT2D eigenvalue weighted by molar-refractivity contribution is -1.14. The van der Waals surface area contributed by atoms with Crippen molar-refractivity contribution in [3.8, 4) is 0 Å². The lowest BCUT2D eigenvalue weighted by Gasteiger charge is -2.95. The predicted octanol–water partition coefficient (Wildman–Crippen LogP) is -3.22. The molecule has 152 valence electrons. The summed E-state index contributed by atoms with van der Waals surface area (Å²) in [4.78, 5) is 69.7. The fourth-order valence-corrected chi connectivity index (χ4v) is 8.57. The highest BCUT2D eigenvalue weighted by molar-refractivity contribution is 5.89. The molecule has 6 aliphatic carbocycles. The van der Waals surface area contributed by atoms with Gasteiger partial charge in [-0.1, -0.05) is 0 Å². The fourth-order valence-electron chi connectivity index (χ4n) is 8.57. The molecule has 0 bridgehead atoms. The maximum Gasteiger partial charge on any atom is 0.472 e.